The zero-order valence-corrected chi connectivity index (χ0v) is 13.1. The maximum Gasteiger partial charge on any atom is 0.224 e. The van der Waals surface area contributed by atoms with Crippen molar-refractivity contribution >= 4 is 11.7 Å². The van der Waals surface area contributed by atoms with Crippen LogP contribution < -0.4 is 0 Å². The fourth-order valence-corrected chi connectivity index (χ4v) is 3.73. The summed E-state index contributed by atoms with van der Waals surface area (Å²) in [4.78, 5) is 28.6. The van der Waals surface area contributed by atoms with Gasteiger partial charge in [0.15, 0.2) is 5.78 Å². The predicted octanol–water partition coefficient (Wildman–Crippen LogP) is 2.22. The molecule has 2 fully saturated rings. The van der Waals surface area contributed by atoms with E-state index >= 15 is 0 Å². The molecule has 2 aliphatic heterocycles. The van der Waals surface area contributed by atoms with Crippen LogP contribution >= 0.6 is 0 Å². The van der Waals surface area contributed by atoms with Crippen molar-refractivity contribution in [3.05, 3.63) is 0 Å². The second-order valence-corrected chi connectivity index (χ2v) is 6.54. The highest BCUT2D eigenvalue weighted by molar-refractivity contribution is 5.87. The summed E-state index contributed by atoms with van der Waals surface area (Å²) in [5.41, 5.74) is 0. The molecule has 0 aliphatic carbocycles. The minimum Gasteiger partial charge on any atom is -0.333 e. The van der Waals surface area contributed by atoms with E-state index in [0.29, 0.717) is 18.5 Å². The molecular weight excluding hydrogens is 252 g/mol. The first kappa shape index (κ1) is 15.5. The highest BCUT2D eigenvalue weighted by Gasteiger charge is 2.34. The summed E-state index contributed by atoms with van der Waals surface area (Å²) in [6, 6.07) is 0.711. The minimum atomic E-state index is -0.162. The van der Waals surface area contributed by atoms with Gasteiger partial charge in [-0.25, -0.2) is 0 Å². The van der Waals surface area contributed by atoms with Crippen LogP contribution in [0.1, 0.15) is 59.3 Å². The third kappa shape index (κ3) is 3.40. The van der Waals surface area contributed by atoms with Crippen molar-refractivity contribution < 1.29 is 9.59 Å². The second-order valence-electron chi connectivity index (χ2n) is 6.54. The number of likely N-dealkylation sites (tertiary alicyclic amines) is 2. The van der Waals surface area contributed by atoms with Gasteiger partial charge in [0.2, 0.25) is 5.91 Å². The van der Waals surface area contributed by atoms with Crippen molar-refractivity contribution in [3.8, 4) is 0 Å². The molecule has 0 spiro atoms. The van der Waals surface area contributed by atoms with Crippen molar-refractivity contribution in [2.45, 2.75) is 77.4 Å². The molecule has 2 aliphatic rings. The SMILES string of the molecule is CC(=O)C1CCCCN1C(=O)C[C@@H]1CCCN1C(C)C. The average molecular weight is 280 g/mol. The number of Topliss-reactive ketones (excluding diaryl/α,β-unsaturated/α-hetero) is 1. The van der Waals surface area contributed by atoms with Crippen LogP contribution in [0.5, 0.6) is 0 Å². The zero-order valence-electron chi connectivity index (χ0n) is 13.1. The van der Waals surface area contributed by atoms with Gasteiger partial charge in [0.1, 0.15) is 0 Å². The third-order valence-electron chi connectivity index (χ3n) is 4.79. The highest BCUT2D eigenvalue weighted by Crippen LogP contribution is 2.25. The lowest BCUT2D eigenvalue weighted by Crippen LogP contribution is -2.49. The Kier molecular flexibility index (Phi) is 5.19. The Bertz CT molecular complexity index is 367. The molecule has 2 rings (SSSR count). The first-order chi connectivity index (χ1) is 9.50. The first-order valence-electron chi connectivity index (χ1n) is 8.06. The van der Waals surface area contributed by atoms with E-state index in [-0.39, 0.29) is 17.7 Å². The molecule has 4 heteroatoms. The van der Waals surface area contributed by atoms with E-state index in [1.807, 2.05) is 4.90 Å². The summed E-state index contributed by atoms with van der Waals surface area (Å²) in [5.74, 6) is 0.327. The lowest BCUT2D eigenvalue weighted by atomic mass is 9.98. The molecule has 4 nitrogen and oxygen atoms in total. The summed E-state index contributed by atoms with van der Waals surface area (Å²) < 4.78 is 0. The molecule has 0 bridgehead atoms. The fourth-order valence-electron chi connectivity index (χ4n) is 3.73. The Morgan fingerprint density at radius 1 is 1.10 bits per heavy atom. The maximum absolute atomic E-state index is 12.6. The molecule has 114 valence electrons. The van der Waals surface area contributed by atoms with Crippen LogP contribution in [0.4, 0.5) is 0 Å². The quantitative estimate of drug-likeness (QED) is 0.793. The molecule has 1 unspecified atom stereocenters. The Morgan fingerprint density at radius 2 is 1.85 bits per heavy atom. The number of hydrogen-bond donors (Lipinski definition) is 0. The van der Waals surface area contributed by atoms with Crippen molar-refractivity contribution in [2.24, 2.45) is 0 Å². The van der Waals surface area contributed by atoms with E-state index in [0.717, 1.165) is 38.8 Å². The fraction of sp³-hybridized carbons (Fsp3) is 0.875. The normalized spacial score (nSPS) is 28.1. The van der Waals surface area contributed by atoms with Crippen LogP contribution in [-0.2, 0) is 9.59 Å². The summed E-state index contributed by atoms with van der Waals surface area (Å²) in [7, 11) is 0. The van der Waals surface area contributed by atoms with Crippen molar-refractivity contribution in [2.75, 3.05) is 13.1 Å². The van der Waals surface area contributed by atoms with Crippen molar-refractivity contribution in [3.63, 3.8) is 0 Å². The monoisotopic (exact) mass is 280 g/mol. The van der Waals surface area contributed by atoms with Gasteiger partial charge in [-0.15, -0.1) is 0 Å². The first-order valence-corrected chi connectivity index (χ1v) is 8.06. The molecule has 0 saturated carbocycles. The van der Waals surface area contributed by atoms with E-state index in [1.165, 1.54) is 6.42 Å². The summed E-state index contributed by atoms with van der Waals surface area (Å²) >= 11 is 0. The van der Waals surface area contributed by atoms with Crippen molar-refractivity contribution in [1.82, 2.24) is 9.80 Å². The Labute approximate surface area is 122 Å². The molecule has 0 radical (unpaired) electrons. The number of hydrogen-bond acceptors (Lipinski definition) is 3. The van der Waals surface area contributed by atoms with E-state index in [1.54, 1.807) is 6.92 Å². The lowest BCUT2D eigenvalue weighted by Gasteiger charge is -2.36. The van der Waals surface area contributed by atoms with Crippen LogP contribution in [0, 0.1) is 0 Å². The molecule has 0 aromatic carbocycles. The van der Waals surface area contributed by atoms with Crippen LogP contribution in [0.2, 0.25) is 0 Å². The lowest BCUT2D eigenvalue weighted by molar-refractivity contribution is -0.141. The van der Waals surface area contributed by atoms with Gasteiger partial charge in [-0.2, -0.15) is 0 Å². The van der Waals surface area contributed by atoms with E-state index in [2.05, 4.69) is 18.7 Å². The average Bonchev–Trinajstić information content (AvgIpc) is 2.87. The van der Waals surface area contributed by atoms with Gasteiger partial charge in [0.05, 0.1) is 6.04 Å². The van der Waals surface area contributed by atoms with Gasteiger partial charge >= 0.3 is 0 Å². The molecule has 2 atom stereocenters. The van der Waals surface area contributed by atoms with Crippen molar-refractivity contribution in [1.29, 1.82) is 0 Å². The van der Waals surface area contributed by atoms with Crippen LogP contribution in [0.3, 0.4) is 0 Å². The highest BCUT2D eigenvalue weighted by atomic mass is 16.2. The molecule has 2 saturated heterocycles. The number of rotatable bonds is 4. The summed E-state index contributed by atoms with van der Waals surface area (Å²) in [5, 5.41) is 0. The van der Waals surface area contributed by atoms with Gasteiger partial charge < -0.3 is 4.90 Å². The molecule has 20 heavy (non-hydrogen) atoms. The number of ketones is 1. The Balaban J connectivity index is 1.98. The number of nitrogens with zero attached hydrogens (tertiary/aromatic N) is 2. The largest absolute Gasteiger partial charge is 0.333 e. The molecular formula is C16H28N2O2. The van der Waals surface area contributed by atoms with Gasteiger partial charge in [-0.05, 0) is 59.4 Å². The van der Waals surface area contributed by atoms with E-state index in [4.69, 9.17) is 0 Å². The molecule has 0 aromatic rings. The van der Waals surface area contributed by atoms with Crippen LogP contribution in [0.15, 0.2) is 0 Å². The second kappa shape index (κ2) is 6.70. The van der Waals surface area contributed by atoms with E-state index in [9.17, 15) is 9.59 Å². The van der Waals surface area contributed by atoms with Gasteiger partial charge in [-0.3, -0.25) is 14.5 Å². The van der Waals surface area contributed by atoms with Gasteiger partial charge in [-0.1, -0.05) is 0 Å². The smallest absolute Gasteiger partial charge is 0.224 e. The van der Waals surface area contributed by atoms with Crippen LogP contribution in [0.25, 0.3) is 0 Å². The molecule has 0 aromatic heterocycles. The topological polar surface area (TPSA) is 40.6 Å². The predicted molar refractivity (Wildman–Crippen MR) is 79.5 cm³/mol. The standard InChI is InChI=1S/C16H28N2O2/c1-12(2)17-10-6-7-14(17)11-16(20)18-9-5-4-8-15(18)13(3)19/h12,14-15H,4-11H2,1-3H3/t14-,15?/m0/s1. The Hall–Kier alpha value is -0.900. The minimum absolute atomic E-state index is 0.144. The third-order valence-corrected chi connectivity index (χ3v) is 4.79. The van der Waals surface area contributed by atoms with E-state index < -0.39 is 0 Å². The maximum atomic E-state index is 12.6. The molecule has 1 amide bonds. The summed E-state index contributed by atoms with van der Waals surface area (Å²) in [6.45, 7) is 7.87. The Morgan fingerprint density at radius 3 is 2.50 bits per heavy atom. The summed E-state index contributed by atoms with van der Waals surface area (Å²) in [6.07, 6.45) is 5.83. The number of carbonyl (C=O) groups excluding carboxylic acids is 2. The number of amides is 1. The zero-order chi connectivity index (χ0) is 14.7. The van der Waals surface area contributed by atoms with Gasteiger partial charge in [0, 0.05) is 25.0 Å². The number of piperidine rings is 1. The van der Waals surface area contributed by atoms with Crippen LogP contribution in [-0.4, -0.2) is 52.7 Å². The molecule has 2 heterocycles. The van der Waals surface area contributed by atoms with Gasteiger partial charge in [0.25, 0.3) is 0 Å². The molecule has 0 N–H and O–H groups in total. The number of carbonyl (C=O) groups is 2.